The number of hydrogen-bond acceptors (Lipinski definition) is 4. The number of benzene rings is 1. The zero-order valence-corrected chi connectivity index (χ0v) is 13.3. The minimum atomic E-state index is 0.0372. The number of carbonyl (C=O) groups excluding carboxylic acids is 1. The predicted octanol–water partition coefficient (Wildman–Crippen LogP) is 2.59. The van der Waals surface area contributed by atoms with Gasteiger partial charge in [0.1, 0.15) is 0 Å². The average Bonchev–Trinajstić information content (AvgIpc) is 2.62. The first-order valence-corrected chi connectivity index (χ1v) is 8.58. The first-order chi connectivity index (χ1) is 10.8. The van der Waals surface area contributed by atoms with Gasteiger partial charge in [-0.1, -0.05) is 6.07 Å². The average molecular weight is 313 g/mol. The van der Waals surface area contributed by atoms with Crippen molar-refractivity contribution in [1.82, 2.24) is 15.2 Å². The van der Waals surface area contributed by atoms with Crippen molar-refractivity contribution >= 4 is 17.7 Å². The van der Waals surface area contributed by atoms with Gasteiger partial charge >= 0.3 is 0 Å². The molecule has 1 aromatic carbocycles. The molecule has 1 fully saturated rings. The fourth-order valence-electron chi connectivity index (χ4n) is 2.72. The molecule has 0 radical (unpaired) electrons. The summed E-state index contributed by atoms with van der Waals surface area (Å²) in [4.78, 5) is 20.1. The summed E-state index contributed by atoms with van der Waals surface area (Å²) in [6.45, 7) is 2.30. The Morgan fingerprint density at radius 2 is 2.14 bits per heavy atom. The van der Waals surface area contributed by atoms with Gasteiger partial charge in [0.15, 0.2) is 0 Å². The monoisotopic (exact) mass is 313 g/mol. The molecule has 4 nitrogen and oxygen atoms in total. The summed E-state index contributed by atoms with van der Waals surface area (Å²) in [6.07, 6.45) is 5.63. The van der Waals surface area contributed by atoms with Crippen LogP contribution >= 0.6 is 11.8 Å². The van der Waals surface area contributed by atoms with Crippen LogP contribution in [0, 0.1) is 0 Å². The number of aromatic nitrogens is 1. The summed E-state index contributed by atoms with van der Waals surface area (Å²) in [5, 5.41) is 3.36. The van der Waals surface area contributed by atoms with Gasteiger partial charge in [-0.25, -0.2) is 0 Å². The Kier molecular flexibility index (Phi) is 4.75. The molecular weight excluding hydrogens is 294 g/mol. The van der Waals surface area contributed by atoms with Gasteiger partial charge in [-0.3, -0.25) is 9.78 Å². The molecule has 5 heteroatoms. The summed E-state index contributed by atoms with van der Waals surface area (Å²) in [5.41, 5.74) is 1.82. The van der Waals surface area contributed by atoms with E-state index >= 15 is 0 Å². The molecule has 0 bridgehead atoms. The Bertz CT molecular complexity index is 630. The van der Waals surface area contributed by atoms with E-state index in [1.54, 1.807) is 18.0 Å². The molecule has 22 heavy (non-hydrogen) atoms. The van der Waals surface area contributed by atoms with Gasteiger partial charge in [0.25, 0.3) is 5.91 Å². The maximum atomic E-state index is 12.9. The molecule has 2 aromatic rings. The fourth-order valence-corrected chi connectivity index (χ4v) is 3.13. The van der Waals surface area contributed by atoms with E-state index in [4.69, 9.17) is 0 Å². The quantitative estimate of drug-likeness (QED) is 0.885. The van der Waals surface area contributed by atoms with Crippen LogP contribution < -0.4 is 5.32 Å². The summed E-state index contributed by atoms with van der Waals surface area (Å²) < 4.78 is 0. The number of carbonyl (C=O) groups is 1. The SMILES string of the molecule is CSc1ccc(C(=O)N2CCNCC2c2cccnc2)cc1. The number of hydrogen-bond donors (Lipinski definition) is 1. The number of piperazine rings is 1. The zero-order valence-electron chi connectivity index (χ0n) is 12.5. The van der Waals surface area contributed by atoms with E-state index in [1.807, 2.05) is 53.8 Å². The third-order valence-electron chi connectivity index (χ3n) is 3.91. The molecule has 1 aromatic heterocycles. The summed E-state index contributed by atoms with van der Waals surface area (Å²) in [5.74, 6) is 0.0861. The number of nitrogens with zero attached hydrogens (tertiary/aromatic N) is 2. The van der Waals surface area contributed by atoms with Gasteiger partial charge in [-0.15, -0.1) is 11.8 Å². The number of amides is 1. The Labute approximate surface area is 134 Å². The predicted molar refractivity (Wildman–Crippen MR) is 89.1 cm³/mol. The molecule has 3 rings (SSSR count). The normalized spacial score (nSPS) is 18.2. The molecule has 1 unspecified atom stereocenters. The van der Waals surface area contributed by atoms with E-state index in [1.165, 1.54) is 4.90 Å². The van der Waals surface area contributed by atoms with Crippen molar-refractivity contribution < 1.29 is 4.79 Å². The number of pyridine rings is 1. The molecule has 1 N–H and O–H groups in total. The topological polar surface area (TPSA) is 45.2 Å². The third-order valence-corrected chi connectivity index (χ3v) is 4.65. The van der Waals surface area contributed by atoms with Crippen molar-refractivity contribution in [2.45, 2.75) is 10.9 Å². The van der Waals surface area contributed by atoms with E-state index < -0.39 is 0 Å². The van der Waals surface area contributed by atoms with E-state index in [0.29, 0.717) is 6.54 Å². The van der Waals surface area contributed by atoms with Crippen LogP contribution in [0.5, 0.6) is 0 Å². The third kappa shape index (κ3) is 3.15. The Morgan fingerprint density at radius 1 is 1.32 bits per heavy atom. The molecule has 0 aliphatic carbocycles. The first kappa shape index (κ1) is 15.1. The number of thioether (sulfide) groups is 1. The van der Waals surface area contributed by atoms with Gasteiger partial charge in [-0.2, -0.15) is 0 Å². The van der Waals surface area contributed by atoms with Gasteiger partial charge in [-0.05, 0) is 42.2 Å². The summed E-state index contributed by atoms with van der Waals surface area (Å²) in [6, 6.07) is 11.8. The van der Waals surface area contributed by atoms with Crippen LogP contribution in [0.3, 0.4) is 0 Å². The second-order valence-electron chi connectivity index (χ2n) is 5.23. The molecular formula is C17H19N3OS. The van der Waals surface area contributed by atoms with Crippen molar-refractivity contribution in [2.24, 2.45) is 0 Å². The highest BCUT2D eigenvalue weighted by molar-refractivity contribution is 7.98. The van der Waals surface area contributed by atoms with Gasteiger partial charge in [0.2, 0.25) is 0 Å². The van der Waals surface area contributed by atoms with Crippen molar-refractivity contribution in [3.63, 3.8) is 0 Å². The van der Waals surface area contributed by atoms with Crippen LogP contribution in [-0.4, -0.2) is 41.7 Å². The zero-order chi connectivity index (χ0) is 15.4. The standard InChI is InChI=1S/C17H19N3OS/c1-22-15-6-4-13(5-7-15)17(21)20-10-9-19-12-16(20)14-3-2-8-18-11-14/h2-8,11,16,19H,9-10,12H2,1H3. The van der Waals surface area contributed by atoms with Crippen molar-refractivity contribution in [3.8, 4) is 0 Å². The van der Waals surface area contributed by atoms with Crippen LogP contribution in [0.15, 0.2) is 53.7 Å². The fraction of sp³-hybridized carbons (Fsp3) is 0.294. The smallest absolute Gasteiger partial charge is 0.254 e. The lowest BCUT2D eigenvalue weighted by Crippen LogP contribution is -2.48. The largest absolute Gasteiger partial charge is 0.329 e. The van der Waals surface area contributed by atoms with Crippen LogP contribution in [0.4, 0.5) is 0 Å². The molecule has 1 atom stereocenters. The maximum absolute atomic E-state index is 12.9. The van der Waals surface area contributed by atoms with Crippen LogP contribution in [0.25, 0.3) is 0 Å². The Hall–Kier alpha value is -1.85. The highest BCUT2D eigenvalue weighted by atomic mass is 32.2. The van der Waals surface area contributed by atoms with E-state index in [0.717, 1.165) is 24.2 Å². The van der Waals surface area contributed by atoms with Gasteiger partial charge < -0.3 is 10.2 Å². The molecule has 114 valence electrons. The molecule has 2 heterocycles. The highest BCUT2D eigenvalue weighted by Crippen LogP contribution is 2.24. The molecule has 0 saturated carbocycles. The van der Waals surface area contributed by atoms with Crippen LogP contribution in [0.2, 0.25) is 0 Å². The molecule has 0 spiro atoms. The first-order valence-electron chi connectivity index (χ1n) is 7.35. The van der Waals surface area contributed by atoms with E-state index in [-0.39, 0.29) is 11.9 Å². The van der Waals surface area contributed by atoms with Gasteiger partial charge in [0.05, 0.1) is 6.04 Å². The molecule has 1 aliphatic rings. The Balaban J connectivity index is 1.85. The van der Waals surface area contributed by atoms with Crippen LogP contribution in [0.1, 0.15) is 22.0 Å². The van der Waals surface area contributed by atoms with Crippen molar-refractivity contribution in [1.29, 1.82) is 0 Å². The lowest BCUT2D eigenvalue weighted by atomic mass is 10.0. The van der Waals surface area contributed by atoms with Gasteiger partial charge in [0, 0.05) is 42.5 Å². The lowest BCUT2D eigenvalue weighted by Gasteiger charge is -2.36. The van der Waals surface area contributed by atoms with E-state index in [2.05, 4.69) is 10.3 Å². The second-order valence-corrected chi connectivity index (χ2v) is 6.11. The van der Waals surface area contributed by atoms with Crippen molar-refractivity contribution in [3.05, 3.63) is 59.9 Å². The number of rotatable bonds is 3. The lowest BCUT2D eigenvalue weighted by molar-refractivity contribution is 0.0634. The van der Waals surface area contributed by atoms with E-state index in [9.17, 15) is 4.79 Å². The second kappa shape index (κ2) is 6.94. The molecule has 1 amide bonds. The van der Waals surface area contributed by atoms with Crippen LogP contribution in [-0.2, 0) is 0 Å². The minimum Gasteiger partial charge on any atom is -0.329 e. The number of nitrogens with one attached hydrogen (secondary N) is 1. The Morgan fingerprint density at radius 3 is 2.82 bits per heavy atom. The maximum Gasteiger partial charge on any atom is 0.254 e. The summed E-state index contributed by atoms with van der Waals surface area (Å²) in [7, 11) is 0. The molecule has 1 saturated heterocycles. The minimum absolute atomic E-state index is 0.0372. The highest BCUT2D eigenvalue weighted by Gasteiger charge is 2.28. The summed E-state index contributed by atoms with van der Waals surface area (Å²) >= 11 is 1.68. The van der Waals surface area contributed by atoms with Crippen molar-refractivity contribution in [2.75, 3.05) is 25.9 Å². The molecule has 1 aliphatic heterocycles.